The van der Waals surface area contributed by atoms with Gasteiger partial charge >= 0.3 is 11.9 Å². The van der Waals surface area contributed by atoms with Gasteiger partial charge in [-0.05, 0) is 36.2 Å². The maximum Gasteiger partial charge on any atom is 0.433 e. The molecule has 0 spiro atoms. The molecule has 0 radical (unpaired) electrons. The third-order valence-corrected chi connectivity index (χ3v) is 4.54. The Bertz CT molecular complexity index is 1170. The average molecular weight is 454 g/mol. The zero-order valence-corrected chi connectivity index (χ0v) is 16.2. The first kappa shape index (κ1) is 21.5. The van der Waals surface area contributed by atoms with Crippen molar-refractivity contribution in [2.45, 2.75) is 25.7 Å². The van der Waals surface area contributed by atoms with Gasteiger partial charge in [0, 0.05) is 19.2 Å². The molecule has 0 saturated carbocycles. The van der Waals surface area contributed by atoms with Crippen molar-refractivity contribution in [2.24, 2.45) is 0 Å². The quantitative estimate of drug-likeness (QED) is 0.585. The first-order valence-electron chi connectivity index (χ1n) is 9.38. The number of hydrogen-bond donors (Lipinski definition) is 1. The molecular formula is C20H15F5N4O3. The number of hydrogen-bond acceptors (Lipinski definition) is 6. The molecule has 12 heteroatoms. The summed E-state index contributed by atoms with van der Waals surface area (Å²) in [5.41, 5.74) is -1.58. The van der Waals surface area contributed by atoms with Gasteiger partial charge in [0.1, 0.15) is 23.9 Å². The number of pyridine rings is 1. The molecule has 0 fully saturated rings. The largest absolute Gasteiger partial charge is 0.473 e. The van der Waals surface area contributed by atoms with Gasteiger partial charge in [-0.25, -0.2) is 18.6 Å². The van der Waals surface area contributed by atoms with Gasteiger partial charge in [0.15, 0.2) is 17.4 Å². The van der Waals surface area contributed by atoms with Crippen LogP contribution in [0.5, 0.6) is 17.4 Å². The van der Waals surface area contributed by atoms with Gasteiger partial charge in [-0.2, -0.15) is 18.2 Å². The van der Waals surface area contributed by atoms with Gasteiger partial charge in [-0.15, -0.1) is 0 Å². The van der Waals surface area contributed by atoms with Crippen LogP contribution in [-0.4, -0.2) is 21.1 Å². The molecule has 1 aromatic carbocycles. The second kappa shape index (κ2) is 8.44. The van der Waals surface area contributed by atoms with Crippen LogP contribution in [0.2, 0.25) is 0 Å². The van der Waals surface area contributed by atoms with Gasteiger partial charge < -0.3 is 14.8 Å². The number of rotatable bonds is 5. The van der Waals surface area contributed by atoms with E-state index in [0.29, 0.717) is 31.2 Å². The van der Waals surface area contributed by atoms with Crippen molar-refractivity contribution in [3.63, 3.8) is 0 Å². The topological polar surface area (TPSA) is 78.3 Å². The Morgan fingerprint density at radius 1 is 1.12 bits per heavy atom. The molecule has 4 rings (SSSR count). The molecule has 3 aromatic rings. The third kappa shape index (κ3) is 4.63. The number of aromatic nitrogens is 3. The van der Waals surface area contributed by atoms with E-state index >= 15 is 0 Å². The molecule has 0 unspecified atom stereocenters. The van der Waals surface area contributed by atoms with E-state index in [1.165, 1.54) is 10.6 Å². The van der Waals surface area contributed by atoms with Crippen molar-refractivity contribution >= 4 is 5.82 Å². The van der Waals surface area contributed by atoms with E-state index in [0.717, 1.165) is 24.6 Å². The molecule has 0 saturated heterocycles. The second-order valence-electron chi connectivity index (χ2n) is 6.85. The van der Waals surface area contributed by atoms with Crippen molar-refractivity contribution < 1.29 is 31.4 Å². The summed E-state index contributed by atoms with van der Waals surface area (Å²) in [6, 6.07) is 4.94. The molecule has 1 aliphatic rings. The second-order valence-corrected chi connectivity index (χ2v) is 6.85. The lowest BCUT2D eigenvalue weighted by Crippen LogP contribution is -2.30. The predicted molar refractivity (Wildman–Crippen MR) is 102 cm³/mol. The SMILES string of the molecule is O=c1nc(OCc2cc(F)c(Oc3ccc(C(F)(F)F)nc3)c(F)c2)cc2n1CCCN2. The highest BCUT2D eigenvalue weighted by atomic mass is 19.4. The van der Waals surface area contributed by atoms with Crippen LogP contribution < -0.4 is 20.5 Å². The summed E-state index contributed by atoms with van der Waals surface area (Å²) in [4.78, 5) is 19.0. The summed E-state index contributed by atoms with van der Waals surface area (Å²) in [5.74, 6) is -2.73. The number of ether oxygens (including phenoxy) is 2. The van der Waals surface area contributed by atoms with Crippen molar-refractivity contribution in [3.8, 4) is 17.4 Å². The fourth-order valence-electron chi connectivity index (χ4n) is 3.05. The van der Waals surface area contributed by atoms with Gasteiger partial charge in [0.2, 0.25) is 5.88 Å². The Balaban J connectivity index is 1.47. The first-order chi connectivity index (χ1) is 15.2. The van der Waals surface area contributed by atoms with Crippen LogP contribution >= 0.6 is 0 Å². The normalized spacial score (nSPS) is 13.3. The zero-order valence-electron chi connectivity index (χ0n) is 16.2. The predicted octanol–water partition coefficient (Wildman–Crippen LogP) is 4.12. The van der Waals surface area contributed by atoms with E-state index in [2.05, 4.69) is 15.3 Å². The van der Waals surface area contributed by atoms with E-state index in [1.54, 1.807) is 0 Å². The lowest BCUT2D eigenvalue weighted by atomic mass is 10.2. The highest BCUT2D eigenvalue weighted by Crippen LogP contribution is 2.31. The Labute approximate surface area is 177 Å². The molecule has 3 heterocycles. The molecule has 1 aliphatic heterocycles. The summed E-state index contributed by atoms with van der Waals surface area (Å²) in [6.45, 7) is 0.932. The molecule has 32 heavy (non-hydrogen) atoms. The summed E-state index contributed by atoms with van der Waals surface area (Å²) in [7, 11) is 0. The van der Waals surface area contributed by atoms with Gasteiger partial charge in [0.05, 0.1) is 6.20 Å². The minimum Gasteiger partial charge on any atom is -0.473 e. The molecule has 0 amide bonds. The van der Waals surface area contributed by atoms with Crippen molar-refractivity contribution in [3.05, 3.63) is 69.9 Å². The number of anilines is 1. The molecular weight excluding hydrogens is 439 g/mol. The maximum absolute atomic E-state index is 14.4. The van der Waals surface area contributed by atoms with E-state index < -0.39 is 34.9 Å². The Morgan fingerprint density at radius 2 is 1.88 bits per heavy atom. The Kier molecular flexibility index (Phi) is 5.68. The highest BCUT2D eigenvalue weighted by molar-refractivity contribution is 5.40. The number of nitrogens with one attached hydrogen (secondary N) is 1. The van der Waals surface area contributed by atoms with Crippen molar-refractivity contribution in [2.75, 3.05) is 11.9 Å². The molecule has 2 aromatic heterocycles. The fourth-order valence-corrected chi connectivity index (χ4v) is 3.05. The standard InChI is InChI=1S/C20H15F5N4O3/c21-13-6-11(10-31-17-8-16-26-4-1-5-29(16)19(30)28-17)7-14(22)18(13)32-12-2-3-15(27-9-12)20(23,24)25/h2-3,6-9,26H,1,4-5,10H2. The van der Waals surface area contributed by atoms with Crippen molar-refractivity contribution in [1.29, 1.82) is 0 Å². The molecule has 0 aliphatic carbocycles. The van der Waals surface area contributed by atoms with Gasteiger partial charge in [-0.3, -0.25) is 4.57 Å². The van der Waals surface area contributed by atoms with E-state index in [1.807, 2.05) is 0 Å². The average Bonchev–Trinajstić information content (AvgIpc) is 2.74. The molecule has 7 nitrogen and oxygen atoms in total. The minimum absolute atomic E-state index is 0.00683. The lowest BCUT2D eigenvalue weighted by Gasteiger charge is -2.19. The summed E-state index contributed by atoms with van der Waals surface area (Å²) < 4.78 is 78.3. The molecule has 0 bridgehead atoms. The highest BCUT2D eigenvalue weighted by Gasteiger charge is 2.32. The van der Waals surface area contributed by atoms with E-state index in [9.17, 15) is 26.7 Å². The smallest absolute Gasteiger partial charge is 0.433 e. The summed E-state index contributed by atoms with van der Waals surface area (Å²) in [5, 5.41) is 3.04. The maximum atomic E-state index is 14.4. The number of halogens is 5. The minimum atomic E-state index is -4.65. The van der Waals surface area contributed by atoms with Gasteiger partial charge in [-0.1, -0.05) is 0 Å². The number of nitrogens with zero attached hydrogens (tertiary/aromatic N) is 3. The first-order valence-corrected chi connectivity index (χ1v) is 9.38. The Hall–Kier alpha value is -3.70. The molecule has 168 valence electrons. The lowest BCUT2D eigenvalue weighted by molar-refractivity contribution is -0.141. The number of fused-ring (bicyclic) bond motifs is 1. The number of alkyl halides is 3. The van der Waals surface area contributed by atoms with Crippen LogP contribution in [0.15, 0.2) is 41.3 Å². The molecule has 0 atom stereocenters. The van der Waals surface area contributed by atoms with Crippen LogP contribution in [0, 0.1) is 11.6 Å². The fraction of sp³-hybridized carbons (Fsp3) is 0.250. The van der Waals surface area contributed by atoms with Crippen molar-refractivity contribution in [1.82, 2.24) is 14.5 Å². The van der Waals surface area contributed by atoms with E-state index in [4.69, 9.17) is 9.47 Å². The molecule has 1 N–H and O–H groups in total. The van der Waals surface area contributed by atoms with Crippen LogP contribution in [0.25, 0.3) is 0 Å². The van der Waals surface area contributed by atoms with E-state index in [-0.39, 0.29) is 23.8 Å². The van der Waals surface area contributed by atoms with Gasteiger partial charge in [0.25, 0.3) is 0 Å². The Morgan fingerprint density at radius 3 is 2.53 bits per heavy atom. The monoisotopic (exact) mass is 454 g/mol. The third-order valence-electron chi connectivity index (χ3n) is 4.54. The van der Waals surface area contributed by atoms with Crippen LogP contribution in [0.3, 0.4) is 0 Å². The summed E-state index contributed by atoms with van der Waals surface area (Å²) >= 11 is 0. The number of benzene rings is 1. The van der Waals surface area contributed by atoms with Crippen LogP contribution in [-0.2, 0) is 19.3 Å². The summed E-state index contributed by atoms with van der Waals surface area (Å²) in [6.07, 6.45) is -3.15. The van der Waals surface area contributed by atoms with Crippen LogP contribution in [0.4, 0.5) is 27.8 Å². The van der Waals surface area contributed by atoms with Crippen LogP contribution in [0.1, 0.15) is 17.7 Å². The zero-order chi connectivity index (χ0) is 22.9.